The fourth-order valence-electron chi connectivity index (χ4n) is 2.84. The minimum atomic E-state index is -0.660. The molecular formula is C21H23N3O2S2. The third-order valence-corrected chi connectivity index (χ3v) is 6.25. The van der Waals surface area contributed by atoms with E-state index in [1.807, 2.05) is 61.0 Å². The molecule has 2 N–H and O–H groups in total. The highest BCUT2D eigenvalue weighted by molar-refractivity contribution is 7.12. The fraction of sp³-hybridized carbons (Fsp3) is 0.286. The zero-order valence-corrected chi connectivity index (χ0v) is 17.5. The molecule has 5 nitrogen and oxygen atoms in total. The van der Waals surface area contributed by atoms with Crippen molar-refractivity contribution < 1.29 is 9.59 Å². The van der Waals surface area contributed by atoms with Crippen LogP contribution in [0.4, 0.5) is 0 Å². The maximum atomic E-state index is 13.1. The highest BCUT2D eigenvalue weighted by Crippen LogP contribution is 2.21. The van der Waals surface area contributed by atoms with Crippen LogP contribution in [0.25, 0.3) is 0 Å². The van der Waals surface area contributed by atoms with Crippen LogP contribution < -0.4 is 10.6 Å². The Balaban J connectivity index is 1.76. The Morgan fingerprint density at radius 1 is 1.07 bits per heavy atom. The van der Waals surface area contributed by atoms with Crippen LogP contribution in [-0.2, 0) is 11.2 Å². The van der Waals surface area contributed by atoms with Gasteiger partial charge in [0.2, 0.25) is 5.91 Å². The van der Waals surface area contributed by atoms with Gasteiger partial charge in [0.1, 0.15) is 11.0 Å². The Morgan fingerprint density at radius 2 is 1.86 bits per heavy atom. The number of carbonyl (C=O) groups is 2. The van der Waals surface area contributed by atoms with Crippen molar-refractivity contribution >= 4 is 34.5 Å². The summed E-state index contributed by atoms with van der Waals surface area (Å²) in [5.41, 5.74) is 1.94. The number of nitrogens with one attached hydrogen (secondary N) is 2. The number of aromatic nitrogens is 1. The molecule has 3 aromatic rings. The fourth-order valence-corrected chi connectivity index (χ4v) is 4.40. The van der Waals surface area contributed by atoms with E-state index in [2.05, 4.69) is 15.6 Å². The quantitative estimate of drug-likeness (QED) is 0.583. The van der Waals surface area contributed by atoms with Gasteiger partial charge >= 0.3 is 0 Å². The van der Waals surface area contributed by atoms with Gasteiger partial charge in [0.25, 0.3) is 5.91 Å². The summed E-state index contributed by atoms with van der Waals surface area (Å²) in [4.78, 5) is 30.7. The van der Waals surface area contributed by atoms with Crippen molar-refractivity contribution in [1.29, 1.82) is 0 Å². The molecule has 0 aliphatic carbocycles. The monoisotopic (exact) mass is 413 g/mol. The Kier molecular flexibility index (Phi) is 6.95. The van der Waals surface area contributed by atoms with Crippen molar-refractivity contribution in [3.05, 3.63) is 74.4 Å². The predicted octanol–water partition coefficient (Wildman–Crippen LogP) is 4.12. The lowest BCUT2D eigenvalue weighted by Crippen LogP contribution is -2.48. The smallest absolute Gasteiger partial charge is 0.262 e. The molecule has 2 aromatic heterocycles. The van der Waals surface area contributed by atoms with E-state index in [9.17, 15) is 9.59 Å². The number of amides is 2. The lowest BCUT2D eigenvalue weighted by Gasteiger charge is -2.22. The van der Waals surface area contributed by atoms with E-state index in [0.717, 1.165) is 22.7 Å². The van der Waals surface area contributed by atoms with Gasteiger partial charge < -0.3 is 10.6 Å². The van der Waals surface area contributed by atoms with E-state index < -0.39 is 6.04 Å². The molecule has 7 heteroatoms. The SMILES string of the molecule is CCC(NC(=O)C(Cc1ccccc1)NC(=O)c1cccs1)c1nc(C)cs1. The number of carbonyl (C=O) groups excluding carboxylic acids is 2. The second-order valence-electron chi connectivity index (χ2n) is 6.49. The number of thiophene rings is 1. The first-order chi connectivity index (χ1) is 13.6. The van der Waals surface area contributed by atoms with Gasteiger partial charge in [0, 0.05) is 17.5 Å². The number of hydrogen-bond donors (Lipinski definition) is 2. The molecule has 0 fully saturated rings. The topological polar surface area (TPSA) is 71.1 Å². The van der Waals surface area contributed by atoms with Gasteiger partial charge in [0.05, 0.1) is 10.9 Å². The highest BCUT2D eigenvalue weighted by Gasteiger charge is 2.25. The summed E-state index contributed by atoms with van der Waals surface area (Å²) in [5, 5.41) is 10.7. The molecule has 0 radical (unpaired) electrons. The van der Waals surface area contributed by atoms with Gasteiger partial charge in [-0.25, -0.2) is 4.98 Å². The molecule has 3 rings (SSSR count). The molecule has 2 atom stereocenters. The summed E-state index contributed by atoms with van der Waals surface area (Å²) < 4.78 is 0. The Hall–Kier alpha value is -2.51. The lowest BCUT2D eigenvalue weighted by molar-refractivity contribution is -0.123. The minimum absolute atomic E-state index is 0.164. The molecule has 146 valence electrons. The van der Waals surface area contributed by atoms with Gasteiger partial charge in [-0.2, -0.15) is 0 Å². The van der Waals surface area contributed by atoms with Gasteiger partial charge in [0.15, 0.2) is 0 Å². The van der Waals surface area contributed by atoms with E-state index in [1.54, 1.807) is 17.4 Å². The number of rotatable bonds is 8. The standard InChI is InChI=1S/C21H23N3O2S2/c1-3-16(21-22-14(2)13-28-21)23-19(25)17(12-15-8-5-4-6-9-15)24-20(26)18-10-7-11-27-18/h4-11,13,16-17H,3,12H2,1-2H3,(H,23,25)(H,24,26). The molecule has 0 aliphatic heterocycles. The number of benzene rings is 1. The minimum Gasteiger partial charge on any atom is -0.345 e. The van der Waals surface area contributed by atoms with Gasteiger partial charge in [-0.05, 0) is 30.4 Å². The predicted molar refractivity (Wildman–Crippen MR) is 114 cm³/mol. The second-order valence-corrected chi connectivity index (χ2v) is 8.33. The van der Waals surface area contributed by atoms with Gasteiger partial charge in [-0.1, -0.05) is 43.3 Å². The van der Waals surface area contributed by atoms with Gasteiger partial charge in [-0.15, -0.1) is 22.7 Å². The molecule has 0 aliphatic rings. The van der Waals surface area contributed by atoms with Crippen LogP contribution in [-0.4, -0.2) is 22.8 Å². The summed E-state index contributed by atoms with van der Waals surface area (Å²) in [6.07, 6.45) is 1.16. The van der Waals surface area contributed by atoms with Crippen molar-refractivity contribution in [3.8, 4) is 0 Å². The molecular weight excluding hydrogens is 390 g/mol. The van der Waals surface area contributed by atoms with Crippen molar-refractivity contribution in [2.75, 3.05) is 0 Å². The molecule has 1 aromatic carbocycles. The summed E-state index contributed by atoms with van der Waals surface area (Å²) >= 11 is 2.90. The maximum Gasteiger partial charge on any atom is 0.262 e. The van der Waals surface area contributed by atoms with Crippen molar-refractivity contribution in [1.82, 2.24) is 15.6 Å². The van der Waals surface area contributed by atoms with Crippen molar-refractivity contribution in [2.24, 2.45) is 0 Å². The molecule has 2 heterocycles. The Labute approximate surface area is 172 Å². The number of hydrogen-bond acceptors (Lipinski definition) is 5. The summed E-state index contributed by atoms with van der Waals surface area (Å²) in [7, 11) is 0. The van der Waals surface area contributed by atoms with E-state index in [4.69, 9.17) is 0 Å². The largest absolute Gasteiger partial charge is 0.345 e. The molecule has 28 heavy (non-hydrogen) atoms. The first-order valence-corrected chi connectivity index (χ1v) is 10.9. The normalized spacial score (nSPS) is 12.9. The molecule has 0 bridgehead atoms. The van der Waals surface area contributed by atoms with Crippen LogP contribution in [0.15, 0.2) is 53.2 Å². The van der Waals surface area contributed by atoms with Crippen LogP contribution >= 0.6 is 22.7 Å². The maximum absolute atomic E-state index is 13.1. The van der Waals surface area contributed by atoms with E-state index in [0.29, 0.717) is 11.3 Å². The van der Waals surface area contributed by atoms with Crippen LogP contribution in [0.1, 0.15) is 45.3 Å². The van der Waals surface area contributed by atoms with E-state index >= 15 is 0 Å². The van der Waals surface area contributed by atoms with Crippen LogP contribution in [0, 0.1) is 6.92 Å². The average molecular weight is 414 g/mol. The number of aryl methyl sites for hydroxylation is 1. The van der Waals surface area contributed by atoms with E-state index in [-0.39, 0.29) is 17.9 Å². The van der Waals surface area contributed by atoms with Crippen LogP contribution in [0.3, 0.4) is 0 Å². The van der Waals surface area contributed by atoms with Crippen LogP contribution in [0.5, 0.6) is 0 Å². The lowest BCUT2D eigenvalue weighted by atomic mass is 10.0. The Morgan fingerprint density at radius 3 is 2.46 bits per heavy atom. The van der Waals surface area contributed by atoms with Crippen LogP contribution in [0.2, 0.25) is 0 Å². The second kappa shape index (κ2) is 9.61. The molecule has 0 spiro atoms. The Bertz CT molecular complexity index is 907. The molecule has 2 amide bonds. The van der Waals surface area contributed by atoms with Crippen molar-refractivity contribution in [2.45, 2.75) is 38.8 Å². The molecule has 2 unspecified atom stereocenters. The summed E-state index contributed by atoms with van der Waals surface area (Å²) in [6, 6.07) is 12.5. The summed E-state index contributed by atoms with van der Waals surface area (Å²) in [5.74, 6) is -0.433. The number of thiazole rings is 1. The van der Waals surface area contributed by atoms with Crippen molar-refractivity contribution in [3.63, 3.8) is 0 Å². The first-order valence-electron chi connectivity index (χ1n) is 9.17. The number of nitrogens with zero attached hydrogens (tertiary/aromatic N) is 1. The third-order valence-electron chi connectivity index (χ3n) is 4.31. The zero-order chi connectivity index (χ0) is 19.9. The summed E-state index contributed by atoms with van der Waals surface area (Å²) in [6.45, 7) is 3.95. The van der Waals surface area contributed by atoms with Gasteiger partial charge in [-0.3, -0.25) is 9.59 Å². The highest BCUT2D eigenvalue weighted by atomic mass is 32.1. The molecule has 0 saturated heterocycles. The zero-order valence-electron chi connectivity index (χ0n) is 15.8. The third kappa shape index (κ3) is 5.27. The van der Waals surface area contributed by atoms with E-state index in [1.165, 1.54) is 11.3 Å². The first kappa shape index (κ1) is 20.2. The molecule has 0 saturated carbocycles. The average Bonchev–Trinajstić information content (AvgIpc) is 3.38.